The van der Waals surface area contributed by atoms with Gasteiger partial charge in [0.25, 0.3) is 11.8 Å². The minimum Gasteiger partial charge on any atom is -0.497 e. The number of methoxy groups -OCH3 is 1. The minimum atomic E-state index is -0.379. The molecule has 0 saturated heterocycles. The lowest BCUT2D eigenvalue weighted by atomic mass is 10.0. The second-order valence-electron chi connectivity index (χ2n) is 7.94. The second-order valence-corrected chi connectivity index (χ2v) is 7.94. The predicted octanol–water partition coefficient (Wildman–Crippen LogP) is 4.05. The summed E-state index contributed by atoms with van der Waals surface area (Å²) in [6.07, 6.45) is 2.61. The lowest BCUT2D eigenvalue weighted by molar-refractivity contribution is -0.137. The molecular formula is C26H31N3O5. The topological polar surface area (TPSA) is 97.0 Å². The Morgan fingerprint density at radius 2 is 1.56 bits per heavy atom. The van der Waals surface area contributed by atoms with Gasteiger partial charge in [-0.05, 0) is 54.8 Å². The third kappa shape index (κ3) is 6.23. The number of benzene rings is 2. The number of hydrogen-bond donors (Lipinski definition) is 2. The van der Waals surface area contributed by atoms with Crippen LogP contribution < -0.4 is 15.4 Å². The van der Waals surface area contributed by atoms with E-state index in [9.17, 15) is 14.4 Å². The minimum absolute atomic E-state index is 0.170. The summed E-state index contributed by atoms with van der Waals surface area (Å²) in [5.74, 6) is -0.238. The molecule has 3 rings (SSSR count). The third-order valence-corrected chi connectivity index (χ3v) is 5.33. The first kappa shape index (κ1) is 25.0. The van der Waals surface area contributed by atoms with Crippen molar-refractivity contribution in [3.05, 3.63) is 59.8 Å². The Balaban J connectivity index is 1.82. The van der Waals surface area contributed by atoms with E-state index >= 15 is 0 Å². The van der Waals surface area contributed by atoms with Gasteiger partial charge in [-0.2, -0.15) is 0 Å². The Morgan fingerprint density at radius 1 is 0.912 bits per heavy atom. The summed E-state index contributed by atoms with van der Waals surface area (Å²) in [4.78, 5) is 39.1. The molecule has 0 saturated carbocycles. The van der Waals surface area contributed by atoms with E-state index in [0.717, 1.165) is 12.8 Å². The van der Waals surface area contributed by atoms with Crippen LogP contribution >= 0.6 is 0 Å². The fourth-order valence-electron chi connectivity index (χ4n) is 3.58. The highest BCUT2D eigenvalue weighted by Crippen LogP contribution is 2.31. The number of amides is 3. The van der Waals surface area contributed by atoms with Crippen molar-refractivity contribution in [3.8, 4) is 5.75 Å². The summed E-state index contributed by atoms with van der Waals surface area (Å²) in [6.45, 7) is 4.97. The predicted molar refractivity (Wildman–Crippen MR) is 131 cm³/mol. The lowest BCUT2D eigenvalue weighted by Gasteiger charge is -2.15. The molecule has 2 N–H and O–H groups in total. The highest BCUT2D eigenvalue weighted by atomic mass is 16.5. The summed E-state index contributed by atoms with van der Waals surface area (Å²) < 4.78 is 10.8. The number of carbonyl (C=O) groups is 3. The van der Waals surface area contributed by atoms with E-state index in [1.165, 1.54) is 11.8 Å². The molecule has 0 radical (unpaired) electrons. The molecule has 1 heterocycles. The molecule has 8 heteroatoms. The Bertz CT molecular complexity index is 1050. The summed E-state index contributed by atoms with van der Waals surface area (Å²) >= 11 is 0. The normalized spacial score (nSPS) is 13.4. The fourth-order valence-corrected chi connectivity index (χ4v) is 3.58. The smallest absolute Gasteiger partial charge is 0.278 e. The molecule has 0 aromatic heterocycles. The molecule has 1 aliphatic heterocycles. The van der Waals surface area contributed by atoms with E-state index < -0.39 is 0 Å². The van der Waals surface area contributed by atoms with Gasteiger partial charge in [0.05, 0.1) is 12.7 Å². The van der Waals surface area contributed by atoms with Gasteiger partial charge in [0, 0.05) is 38.1 Å². The van der Waals surface area contributed by atoms with Gasteiger partial charge in [0.15, 0.2) is 0 Å². The van der Waals surface area contributed by atoms with Crippen LogP contribution in [-0.2, 0) is 19.1 Å². The van der Waals surface area contributed by atoms with Crippen molar-refractivity contribution in [2.45, 2.75) is 33.1 Å². The molecule has 0 fully saturated rings. The molecular weight excluding hydrogens is 434 g/mol. The number of nitrogens with one attached hydrogen (secondary N) is 2. The monoisotopic (exact) mass is 465 g/mol. The molecule has 0 atom stereocenters. The molecule has 0 aliphatic carbocycles. The number of carbonyl (C=O) groups excluding carboxylic acids is 3. The van der Waals surface area contributed by atoms with Crippen molar-refractivity contribution < 1.29 is 23.9 Å². The molecule has 8 nitrogen and oxygen atoms in total. The van der Waals surface area contributed by atoms with E-state index in [0.29, 0.717) is 47.9 Å². The number of rotatable bonds is 12. The number of nitrogens with zero attached hydrogens (tertiary/aromatic N) is 1. The number of unbranched alkanes of at least 4 members (excludes halogenated alkanes) is 1. The number of ether oxygens (including phenoxy) is 2. The number of imide groups is 1. The quantitative estimate of drug-likeness (QED) is 0.363. The van der Waals surface area contributed by atoms with E-state index in [2.05, 4.69) is 17.6 Å². The zero-order valence-corrected chi connectivity index (χ0v) is 19.8. The van der Waals surface area contributed by atoms with Gasteiger partial charge in [-0.1, -0.05) is 25.5 Å². The van der Waals surface area contributed by atoms with Crippen LogP contribution in [0.4, 0.5) is 11.4 Å². The van der Waals surface area contributed by atoms with Crippen LogP contribution in [0.15, 0.2) is 54.2 Å². The van der Waals surface area contributed by atoms with Gasteiger partial charge in [0.1, 0.15) is 11.4 Å². The van der Waals surface area contributed by atoms with Gasteiger partial charge >= 0.3 is 0 Å². The molecule has 1 aliphatic rings. The fraction of sp³-hybridized carbons (Fsp3) is 0.346. The van der Waals surface area contributed by atoms with Crippen molar-refractivity contribution in [1.29, 1.82) is 0 Å². The van der Waals surface area contributed by atoms with E-state index in [-0.39, 0.29) is 30.0 Å². The largest absolute Gasteiger partial charge is 0.497 e. The van der Waals surface area contributed by atoms with Crippen molar-refractivity contribution in [3.63, 3.8) is 0 Å². The maximum atomic E-state index is 13.3. The molecule has 34 heavy (non-hydrogen) atoms. The van der Waals surface area contributed by atoms with Crippen LogP contribution in [0.5, 0.6) is 5.75 Å². The van der Waals surface area contributed by atoms with Crippen LogP contribution in [0, 0.1) is 0 Å². The van der Waals surface area contributed by atoms with Crippen LogP contribution in [0.2, 0.25) is 0 Å². The Morgan fingerprint density at radius 3 is 2.18 bits per heavy atom. The van der Waals surface area contributed by atoms with Crippen LogP contribution in [0.25, 0.3) is 5.57 Å². The average molecular weight is 466 g/mol. The van der Waals surface area contributed by atoms with Gasteiger partial charge < -0.3 is 20.1 Å². The standard InChI is InChI=1S/C26H31N3O5/c1-4-5-16-34-17-6-15-29-25(31)23(19-7-13-22(33-3)14-8-19)24(26(29)32)28-21-11-9-20(10-12-21)27-18(2)30/h7-14,28H,4-6,15-17H2,1-3H3,(H,27,30). The SMILES string of the molecule is CCCCOCCCN1C(=O)C(Nc2ccc(NC(C)=O)cc2)=C(c2ccc(OC)cc2)C1=O. The molecule has 3 amide bonds. The Kier molecular flexibility index (Phi) is 8.81. The maximum Gasteiger partial charge on any atom is 0.278 e. The van der Waals surface area contributed by atoms with Crippen molar-refractivity contribution in [2.75, 3.05) is 37.5 Å². The van der Waals surface area contributed by atoms with Crippen molar-refractivity contribution in [1.82, 2.24) is 4.90 Å². The molecule has 0 unspecified atom stereocenters. The van der Waals surface area contributed by atoms with E-state index in [4.69, 9.17) is 9.47 Å². The zero-order valence-electron chi connectivity index (χ0n) is 19.8. The van der Waals surface area contributed by atoms with Gasteiger partial charge in [-0.15, -0.1) is 0 Å². The summed E-state index contributed by atoms with van der Waals surface area (Å²) in [7, 11) is 1.57. The highest BCUT2D eigenvalue weighted by Gasteiger charge is 2.38. The first-order valence-electron chi connectivity index (χ1n) is 11.4. The second kappa shape index (κ2) is 12.0. The first-order chi connectivity index (χ1) is 16.4. The summed E-state index contributed by atoms with van der Waals surface area (Å²) in [5, 5.41) is 5.82. The van der Waals surface area contributed by atoms with Crippen LogP contribution in [0.3, 0.4) is 0 Å². The van der Waals surface area contributed by atoms with E-state index in [1.54, 1.807) is 55.6 Å². The third-order valence-electron chi connectivity index (χ3n) is 5.33. The van der Waals surface area contributed by atoms with Gasteiger partial charge in [-0.25, -0.2) is 0 Å². The molecule has 2 aromatic rings. The van der Waals surface area contributed by atoms with Gasteiger partial charge in [-0.3, -0.25) is 19.3 Å². The molecule has 0 bridgehead atoms. The van der Waals surface area contributed by atoms with Crippen molar-refractivity contribution >= 4 is 34.7 Å². The van der Waals surface area contributed by atoms with Crippen LogP contribution in [0.1, 0.15) is 38.7 Å². The molecule has 180 valence electrons. The number of anilines is 2. The highest BCUT2D eigenvalue weighted by molar-refractivity contribution is 6.36. The van der Waals surface area contributed by atoms with Crippen LogP contribution in [-0.4, -0.2) is 49.5 Å². The molecule has 2 aromatic carbocycles. The Hall–Kier alpha value is -3.65. The zero-order chi connectivity index (χ0) is 24.5. The van der Waals surface area contributed by atoms with E-state index in [1.807, 2.05) is 0 Å². The summed E-state index contributed by atoms with van der Waals surface area (Å²) in [5.41, 5.74) is 2.42. The lowest BCUT2D eigenvalue weighted by Crippen LogP contribution is -2.34. The summed E-state index contributed by atoms with van der Waals surface area (Å²) in [6, 6.07) is 14.0. The molecule has 0 spiro atoms. The van der Waals surface area contributed by atoms with Crippen molar-refractivity contribution in [2.24, 2.45) is 0 Å². The average Bonchev–Trinajstić information content (AvgIpc) is 3.06. The first-order valence-corrected chi connectivity index (χ1v) is 11.4. The van der Waals surface area contributed by atoms with Gasteiger partial charge in [0.2, 0.25) is 5.91 Å². The Labute approximate surface area is 199 Å². The maximum absolute atomic E-state index is 13.3. The number of hydrogen-bond acceptors (Lipinski definition) is 6.